The molecular weight excluding hydrogens is 333 g/mol. The standard InChI is InChI=1S/C17H21F3N4O/c1-11(25)22-13-4-6-16(17(18,19)20)24(9-13)8-12-3-5-15-14(7-12)21-10-23(15)2/h3,5,7,10,13,16H,4,6,8-9H2,1-2H3,(H,22,25)/t13-,16+/m0/s1. The molecule has 0 bridgehead atoms. The van der Waals surface area contributed by atoms with Crippen molar-refractivity contribution in [2.75, 3.05) is 6.54 Å². The predicted molar refractivity (Wildman–Crippen MR) is 87.8 cm³/mol. The molecule has 1 saturated heterocycles. The highest BCUT2D eigenvalue weighted by atomic mass is 19.4. The molecule has 1 aliphatic rings. The number of aromatic nitrogens is 2. The second-order valence-electron chi connectivity index (χ2n) is 6.64. The molecule has 1 N–H and O–H groups in total. The highest BCUT2D eigenvalue weighted by Crippen LogP contribution is 2.33. The molecule has 0 saturated carbocycles. The zero-order valence-corrected chi connectivity index (χ0v) is 14.2. The summed E-state index contributed by atoms with van der Waals surface area (Å²) in [5.74, 6) is -0.217. The largest absolute Gasteiger partial charge is 0.404 e. The molecule has 2 aromatic rings. The van der Waals surface area contributed by atoms with Crippen LogP contribution in [0.15, 0.2) is 24.5 Å². The Balaban J connectivity index is 1.81. The summed E-state index contributed by atoms with van der Waals surface area (Å²) in [5.41, 5.74) is 2.48. The number of benzene rings is 1. The third kappa shape index (κ3) is 3.95. The molecule has 0 unspecified atom stereocenters. The van der Waals surface area contributed by atoms with Gasteiger partial charge in [0, 0.05) is 33.1 Å². The minimum absolute atomic E-state index is 0.0136. The highest BCUT2D eigenvalue weighted by molar-refractivity contribution is 5.76. The van der Waals surface area contributed by atoms with Gasteiger partial charge in [0.2, 0.25) is 5.91 Å². The SMILES string of the molecule is CC(=O)N[C@H]1CC[C@H](C(F)(F)F)N(Cc2ccc3c(c2)ncn3C)C1. The summed E-state index contributed by atoms with van der Waals surface area (Å²) in [6, 6.07) is 3.78. The zero-order valence-electron chi connectivity index (χ0n) is 14.2. The molecule has 5 nitrogen and oxygen atoms in total. The number of fused-ring (bicyclic) bond motifs is 1. The lowest BCUT2D eigenvalue weighted by Crippen LogP contribution is -2.55. The molecule has 0 aliphatic carbocycles. The van der Waals surface area contributed by atoms with E-state index < -0.39 is 12.2 Å². The van der Waals surface area contributed by atoms with Gasteiger partial charge < -0.3 is 9.88 Å². The van der Waals surface area contributed by atoms with E-state index in [0.717, 1.165) is 16.6 Å². The Bertz CT molecular complexity index is 771. The molecule has 136 valence electrons. The van der Waals surface area contributed by atoms with Crippen molar-refractivity contribution in [3.05, 3.63) is 30.1 Å². The van der Waals surface area contributed by atoms with Gasteiger partial charge in [-0.15, -0.1) is 0 Å². The van der Waals surface area contributed by atoms with Crippen molar-refractivity contribution in [2.24, 2.45) is 7.05 Å². The number of likely N-dealkylation sites (tertiary alicyclic amines) is 1. The van der Waals surface area contributed by atoms with E-state index in [1.54, 1.807) is 6.33 Å². The summed E-state index contributed by atoms with van der Waals surface area (Å²) < 4.78 is 42.1. The third-order valence-electron chi connectivity index (χ3n) is 4.64. The molecule has 2 heterocycles. The van der Waals surface area contributed by atoms with Crippen LogP contribution in [0.2, 0.25) is 0 Å². The lowest BCUT2D eigenvalue weighted by atomic mass is 9.96. The van der Waals surface area contributed by atoms with Gasteiger partial charge in [-0.05, 0) is 30.5 Å². The maximum atomic E-state index is 13.4. The minimum Gasteiger partial charge on any atom is -0.352 e. The van der Waals surface area contributed by atoms with Gasteiger partial charge in [-0.1, -0.05) is 6.07 Å². The number of alkyl halides is 3. The molecule has 1 fully saturated rings. The number of imidazole rings is 1. The number of aryl methyl sites for hydroxylation is 1. The number of carbonyl (C=O) groups is 1. The van der Waals surface area contributed by atoms with E-state index in [4.69, 9.17) is 0 Å². The molecular formula is C17H21F3N4O. The number of piperidine rings is 1. The Labute approximate surface area is 143 Å². The zero-order chi connectivity index (χ0) is 18.2. The van der Waals surface area contributed by atoms with E-state index in [9.17, 15) is 18.0 Å². The molecule has 1 aromatic carbocycles. The minimum atomic E-state index is -4.28. The van der Waals surface area contributed by atoms with Crippen LogP contribution in [-0.2, 0) is 18.4 Å². The fraction of sp³-hybridized carbons (Fsp3) is 0.529. The molecule has 3 rings (SSSR count). The Morgan fingerprint density at radius 2 is 2.12 bits per heavy atom. The molecule has 0 radical (unpaired) electrons. The number of nitrogens with one attached hydrogen (secondary N) is 1. The van der Waals surface area contributed by atoms with E-state index in [2.05, 4.69) is 10.3 Å². The van der Waals surface area contributed by atoms with E-state index in [1.807, 2.05) is 29.8 Å². The lowest BCUT2D eigenvalue weighted by molar-refractivity contribution is -0.194. The number of halogens is 3. The average Bonchev–Trinajstić information content (AvgIpc) is 2.86. The molecule has 1 aromatic heterocycles. The van der Waals surface area contributed by atoms with Gasteiger partial charge in [0.1, 0.15) is 6.04 Å². The smallest absolute Gasteiger partial charge is 0.352 e. The molecule has 8 heteroatoms. The number of hydrogen-bond acceptors (Lipinski definition) is 3. The fourth-order valence-corrected chi connectivity index (χ4v) is 3.51. The monoisotopic (exact) mass is 354 g/mol. The van der Waals surface area contributed by atoms with Crippen LogP contribution in [0.4, 0.5) is 13.2 Å². The summed E-state index contributed by atoms with van der Waals surface area (Å²) in [6.45, 7) is 1.74. The van der Waals surface area contributed by atoms with Crippen molar-refractivity contribution in [3.63, 3.8) is 0 Å². The van der Waals surface area contributed by atoms with Gasteiger partial charge in [0.25, 0.3) is 0 Å². The van der Waals surface area contributed by atoms with E-state index >= 15 is 0 Å². The maximum absolute atomic E-state index is 13.4. The van der Waals surface area contributed by atoms with E-state index in [0.29, 0.717) is 6.42 Å². The van der Waals surface area contributed by atoms with Crippen molar-refractivity contribution in [3.8, 4) is 0 Å². The number of amides is 1. The Hall–Kier alpha value is -2.09. The van der Waals surface area contributed by atoms with Crippen LogP contribution in [0, 0.1) is 0 Å². The van der Waals surface area contributed by atoms with E-state index in [1.165, 1.54) is 11.8 Å². The van der Waals surface area contributed by atoms with Gasteiger partial charge in [-0.3, -0.25) is 9.69 Å². The summed E-state index contributed by atoms with van der Waals surface area (Å²) in [6.07, 6.45) is -2.28. The van der Waals surface area contributed by atoms with Crippen molar-refractivity contribution in [1.29, 1.82) is 0 Å². The maximum Gasteiger partial charge on any atom is 0.404 e. The fourth-order valence-electron chi connectivity index (χ4n) is 3.51. The summed E-state index contributed by atoms with van der Waals surface area (Å²) >= 11 is 0. The lowest BCUT2D eigenvalue weighted by Gasteiger charge is -2.40. The Kier molecular flexibility index (Phi) is 4.73. The van der Waals surface area contributed by atoms with Gasteiger partial charge in [0.05, 0.1) is 17.4 Å². The van der Waals surface area contributed by atoms with Crippen LogP contribution in [0.1, 0.15) is 25.3 Å². The Morgan fingerprint density at radius 3 is 2.80 bits per heavy atom. The normalized spacial score (nSPS) is 22.3. The van der Waals surface area contributed by atoms with Crippen molar-refractivity contribution >= 4 is 16.9 Å². The van der Waals surface area contributed by atoms with Gasteiger partial charge in [-0.25, -0.2) is 4.98 Å². The van der Waals surface area contributed by atoms with Gasteiger partial charge in [-0.2, -0.15) is 13.2 Å². The first kappa shape index (κ1) is 17.7. The summed E-state index contributed by atoms with van der Waals surface area (Å²) in [7, 11) is 1.87. The molecule has 25 heavy (non-hydrogen) atoms. The summed E-state index contributed by atoms with van der Waals surface area (Å²) in [4.78, 5) is 16.9. The van der Waals surface area contributed by atoms with Crippen LogP contribution in [0.3, 0.4) is 0 Å². The topological polar surface area (TPSA) is 50.2 Å². The first-order valence-corrected chi connectivity index (χ1v) is 8.22. The highest BCUT2D eigenvalue weighted by Gasteiger charge is 2.46. The predicted octanol–water partition coefficient (Wildman–Crippen LogP) is 2.60. The number of hydrogen-bond donors (Lipinski definition) is 1. The quantitative estimate of drug-likeness (QED) is 0.922. The van der Waals surface area contributed by atoms with Crippen LogP contribution >= 0.6 is 0 Å². The van der Waals surface area contributed by atoms with Crippen LogP contribution in [-0.4, -0.2) is 45.2 Å². The molecule has 2 atom stereocenters. The molecule has 1 amide bonds. The number of carbonyl (C=O) groups excluding carboxylic acids is 1. The van der Waals surface area contributed by atoms with Crippen LogP contribution in [0.5, 0.6) is 0 Å². The number of nitrogens with zero attached hydrogens (tertiary/aromatic N) is 3. The van der Waals surface area contributed by atoms with Gasteiger partial charge >= 0.3 is 6.18 Å². The second-order valence-corrected chi connectivity index (χ2v) is 6.64. The van der Waals surface area contributed by atoms with E-state index in [-0.39, 0.29) is 31.5 Å². The summed E-state index contributed by atoms with van der Waals surface area (Å²) in [5, 5.41) is 2.74. The second kappa shape index (κ2) is 6.67. The number of rotatable bonds is 3. The third-order valence-corrected chi connectivity index (χ3v) is 4.64. The average molecular weight is 354 g/mol. The molecule has 1 aliphatic heterocycles. The van der Waals surface area contributed by atoms with Crippen molar-refractivity contribution in [2.45, 2.75) is 44.6 Å². The Morgan fingerprint density at radius 1 is 1.36 bits per heavy atom. The van der Waals surface area contributed by atoms with Gasteiger partial charge in [0.15, 0.2) is 0 Å². The first-order chi connectivity index (χ1) is 11.7. The van der Waals surface area contributed by atoms with Crippen molar-refractivity contribution in [1.82, 2.24) is 19.8 Å². The van der Waals surface area contributed by atoms with Crippen molar-refractivity contribution < 1.29 is 18.0 Å². The van der Waals surface area contributed by atoms with Crippen LogP contribution < -0.4 is 5.32 Å². The first-order valence-electron chi connectivity index (χ1n) is 8.22. The van der Waals surface area contributed by atoms with Crippen LogP contribution in [0.25, 0.3) is 11.0 Å². The molecule has 0 spiro atoms.